The average molecular weight is 408 g/mol. The zero-order chi connectivity index (χ0) is 21.1. The summed E-state index contributed by atoms with van der Waals surface area (Å²) in [6.07, 6.45) is 2.66. The van der Waals surface area contributed by atoms with Crippen LogP contribution in [0.15, 0.2) is 42.5 Å². The fourth-order valence-electron chi connectivity index (χ4n) is 4.06. The lowest BCUT2D eigenvalue weighted by molar-refractivity contribution is -0.145. The van der Waals surface area contributed by atoms with Crippen LogP contribution in [-0.2, 0) is 16.0 Å². The van der Waals surface area contributed by atoms with Crippen molar-refractivity contribution in [1.29, 1.82) is 0 Å². The Kier molecular flexibility index (Phi) is 5.93. The minimum atomic E-state index is -0.654. The summed E-state index contributed by atoms with van der Waals surface area (Å²) in [5.41, 5.74) is 2.97. The highest BCUT2D eigenvalue weighted by atomic mass is 16.5. The van der Waals surface area contributed by atoms with E-state index in [2.05, 4.69) is 5.32 Å². The summed E-state index contributed by atoms with van der Waals surface area (Å²) in [4.78, 5) is 27.8. The Labute approximate surface area is 177 Å². The van der Waals surface area contributed by atoms with Gasteiger partial charge in [-0.15, -0.1) is 0 Å². The Bertz CT molecular complexity index is 925. The molecule has 4 rings (SSSR count). The van der Waals surface area contributed by atoms with Crippen LogP contribution in [0.5, 0.6) is 11.5 Å². The molecule has 2 heterocycles. The SMILES string of the molecule is Cc1ccc(OC(C)C(=O)N2CCCCC2C(=O)Nc2ccc3c(c2)CCO3)cc1. The van der Waals surface area contributed by atoms with E-state index in [1.165, 1.54) is 0 Å². The summed E-state index contributed by atoms with van der Waals surface area (Å²) in [5.74, 6) is 1.23. The van der Waals surface area contributed by atoms with Gasteiger partial charge in [-0.25, -0.2) is 0 Å². The van der Waals surface area contributed by atoms with Gasteiger partial charge >= 0.3 is 0 Å². The van der Waals surface area contributed by atoms with Crippen molar-refractivity contribution in [1.82, 2.24) is 4.90 Å². The maximum absolute atomic E-state index is 13.1. The van der Waals surface area contributed by atoms with E-state index < -0.39 is 12.1 Å². The van der Waals surface area contributed by atoms with Crippen molar-refractivity contribution in [3.8, 4) is 11.5 Å². The highest BCUT2D eigenvalue weighted by Gasteiger charge is 2.35. The minimum absolute atomic E-state index is 0.149. The molecule has 2 aromatic carbocycles. The number of ether oxygens (including phenoxy) is 2. The summed E-state index contributed by atoms with van der Waals surface area (Å²) < 4.78 is 11.4. The molecule has 0 aromatic heterocycles. The molecule has 1 saturated heterocycles. The van der Waals surface area contributed by atoms with E-state index in [4.69, 9.17) is 9.47 Å². The highest BCUT2D eigenvalue weighted by Crippen LogP contribution is 2.28. The average Bonchev–Trinajstić information content (AvgIpc) is 3.22. The standard InChI is InChI=1S/C24H28N2O4/c1-16-6-9-20(10-7-16)30-17(2)24(28)26-13-4-3-5-21(26)23(27)25-19-8-11-22-18(15-19)12-14-29-22/h6-11,15,17,21H,3-5,12-14H2,1-2H3,(H,25,27). The Morgan fingerprint density at radius 2 is 1.97 bits per heavy atom. The number of nitrogens with zero attached hydrogens (tertiary/aromatic N) is 1. The monoisotopic (exact) mass is 408 g/mol. The molecule has 30 heavy (non-hydrogen) atoms. The Morgan fingerprint density at radius 1 is 1.17 bits per heavy atom. The molecule has 2 aliphatic rings. The zero-order valence-corrected chi connectivity index (χ0v) is 17.5. The van der Waals surface area contributed by atoms with E-state index >= 15 is 0 Å². The molecule has 6 nitrogen and oxygen atoms in total. The second kappa shape index (κ2) is 8.78. The smallest absolute Gasteiger partial charge is 0.264 e. The Morgan fingerprint density at radius 3 is 2.77 bits per heavy atom. The fourth-order valence-corrected chi connectivity index (χ4v) is 4.06. The first-order valence-electron chi connectivity index (χ1n) is 10.6. The Hall–Kier alpha value is -3.02. The molecule has 0 spiro atoms. The van der Waals surface area contributed by atoms with E-state index in [1.54, 1.807) is 11.8 Å². The minimum Gasteiger partial charge on any atom is -0.493 e. The predicted molar refractivity (Wildman–Crippen MR) is 115 cm³/mol. The number of fused-ring (bicyclic) bond motifs is 1. The molecule has 0 saturated carbocycles. The molecule has 0 radical (unpaired) electrons. The third-order valence-corrected chi connectivity index (χ3v) is 5.73. The molecule has 0 aliphatic carbocycles. The quantitative estimate of drug-likeness (QED) is 0.819. The number of amides is 2. The molecular formula is C24H28N2O4. The molecule has 2 amide bonds. The maximum atomic E-state index is 13.1. The molecule has 2 unspecified atom stereocenters. The molecule has 0 bridgehead atoms. The van der Waals surface area contributed by atoms with Crippen LogP contribution in [0.2, 0.25) is 0 Å². The third-order valence-electron chi connectivity index (χ3n) is 5.73. The van der Waals surface area contributed by atoms with Gasteiger partial charge in [-0.3, -0.25) is 9.59 Å². The number of aryl methyl sites for hydroxylation is 1. The highest BCUT2D eigenvalue weighted by molar-refractivity contribution is 5.98. The third kappa shape index (κ3) is 4.42. The van der Waals surface area contributed by atoms with Crippen LogP contribution in [0, 0.1) is 6.92 Å². The van der Waals surface area contributed by atoms with Gasteiger partial charge in [-0.1, -0.05) is 17.7 Å². The first kappa shape index (κ1) is 20.3. The van der Waals surface area contributed by atoms with Crippen molar-refractivity contribution in [2.75, 3.05) is 18.5 Å². The van der Waals surface area contributed by atoms with Crippen LogP contribution >= 0.6 is 0 Å². The first-order valence-corrected chi connectivity index (χ1v) is 10.6. The lowest BCUT2D eigenvalue weighted by atomic mass is 10.0. The van der Waals surface area contributed by atoms with Gasteiger partial charge in [0.25, 0.3) is 5.91 Å². The van der Waals surface area contributed by atoms with Gasteiger partial charge in [0.2, 0.25) is 5.91 Å². The first-order chi connectivity index (χ1) is 14.5. The van der Waals surface area contributed by atoms with Crippen molar-refractivity contribution in [2.45, 2.75) is 51.7 Å². The van der Waals surface area contributed by atoms with Gasteiger partial charge in [0, 0.05) is 18.7 Å². The number of hydrogen-bond donors (Lipinski definition) is 1. The zero-order valence-electron chi connectivity index (χ0n) is 17.5. The molecule has 6 heteroatoms. The fraction of sp³-hybridized carbons (Fsp3) is 0.417. The summed E-state index contributed by atoms with van der Waals surface area (Å²) in [6, 6.07) is 12.8. The van der Waals surface area contributed by atoms with Crippen molar-refractivity contribution < 1.29 is 19.1 Å². The number of piperidine rings is 1. The van der Waals surface area contributed by atoms with E-state index in [-0.39, 0.29) is 11.8 Å². The number of benzene rings is 2. The van der Waals surface area contributed by atoms with Gasteiger partial charge in [-0.2, -0.15) is 0 Å². The Balaban J connectivity index is 1.43. The van der Waals surface area contributed by atoms with E-state index in [9.17, 15) is 9.59 Å². The van der Waals surface area contributed by atoms with Crippen LogP contribution in [0.1, 0.15) is 37.3 Å². The van der Waals surface area contributed by atoms with E-state index in [0.29, 0.717) is 25.3 Å². The predicted octanol–water partition coefficient (Wildman–Crippen LogP) is 3.72. The second-order valence-corrected chi connectivity index (χ2v) is 8.03. The maximum Gasteiger partial charge on any atom is 0.264 e. The number of hydrogen-bond acceptors (Lipinski definition) is 4. The van der Waals surface area contributed by atoms with Gasteiger partial charge in [0.15, 0.2) is 6.10 Å². The second-order valence-electron chi connectivity index (χ2n) is 8.03. The van der Waals surface area contributed by atoms with Crippen LogP contribution in [0.3, 0.4) is 0 Å². The summed E-state index contributed by atoms with van der Waals surface area (Å²) >= 11 is 0. The molecule has 2 atom stereocenters. The van der Waals surface area contributed by atoms with Gasteiger partial charge < -0.3 is 19.7 Å². The molecule has 158 valence electrons. The van der Waals surface area contributed by atoms with Crippen LogP contribution < -0.4 is 14.8 Å². The van der Waals surface area contributed by atoms with Crippen molar-refractivity contribution in [3.05, 3.63) is 53.6 Å². The van der Waals surface area contributed by atoms with E-state index in [0.717, 1.165) is 41.8 Å². The molecule has 2 aliphatic heterocycles. The lowest BCUT2D eigenvalue weighted by Gasteiger charge is -2.36. The van der Waals surface area contributed by atoms with Crippen LogP contribution in [0.25, 0.3) is 0 Å². The number of carbonyl (C=O) groups is 2. The molecule has 1 fully saturated rings. The summed E-state index contributed by atoms with van der Waals surface area (Å²) in [7, 11) is 0. The summed E-state index contributed by atoms with van der Waals surface area (Å²) in [5, 5.41) is 2.99. The largest absolute Gasteiger partial charge is 0.493 e. The normalized spacial score (nSPS) is 18.9. The van der Waals surface area contributed by atoms with Crippen molar-refractivity contribution in [2.24, 2.45) is 0 Å². The molecular weight excluding hydrogens is 380 g/mol. The topological polar surface area (TPSA) is 67.9 Å². The van der Waals surface area contributed by atoms with Crippen LogP contribution in [-0.4, -0.2) is 42.0 Å². The summed E-state index contributed by atoms with van der Waals surface area (Å²) in [6.45, 7) is 4.99. The molecule has 2 aromatic rings. The van der Waals surface area contributed by atoms with Crippen molar-refractivity contribution >= 4 is 17.5 Å². The van der Waals surface area contributed by atoms with Gasteiger partial charge in [0.05, 0.1) is 6.61 Å². The van der Waals surface area contributed by atoms with Crippen LogP contribution in [0.4, 0.5) is 5.69 Å². The van der Waals surface area contributed by atoms with Gasteiger partial charge in [-0.05, 0) is 69.0 Å². The lowest BCUT2D eigenvalue weighted by Crippen LogP contribution is -2.53. The number of anilines is 1. The number of nitrogens with one attached hydrogen (secondary N) is 1. The number of rotatable bonds is 5. The molecule has 1 N–H and O–H groups in total. The van der Waals surface area contributed by atoms with Gasteiger partial charge in [0.1, 0.15) is 17.5 Å². The number of carbonyl (C=O) groups excluding carboxylic acids is 2. The number of likely N-dealkylation sites (tertiary alicyclic amines) is 1. The van der Waals surface area contributed by atoms with E-state index in [1.807, 2.05) is 49.4 Å². The van der Waals surface area contributed by atoms with Crippen molar-refractivity contribution in [3.63, 3.8) is 0 Å².